The Morgan fingerprint density at radius 2 is 0.642 bits per heavy atom. The van der Waals surface area contributed by atoms with E-state index in [0.29, 0.717) is 0 Å². The molecule has 0 unspecified atom stereocenters. The molecule has 0 atom stereocenters. The van der Waals surface area contributed by atoms with E-state index in [1.165, 1.54) is 59.3 Å². The number of unbranched alkanes of at least 4 members (excludes halogenated alkanes) is 10. The van der Waals surface area contributed by atoms with E-state index in [0.717, 1.165) is 74.0 Å². The molecule has 0 bridgehead atoms. The van der Waals surface area contributed by atoms with Crippen LogP contribution in [0.2, 0.25) is 10.1 Å². The predicted octanol–water partition coefficient (Wildman–Crippen LogP) is 13.7. The molecule has 0 fully saturated rings. The van der Waals surface area contributed by atoms with E-state index in [2.05, 4.69) is 173 Å². The minimum Gasteiger partial charge on any atom is -0.497 e. The number of hydrogen-bond acceptors (Lipinski definition) is 3. The van der Waals surface area contributed by atoms with Gasteiger partial charge in [0.25, 0.3) is 16.6 Å². The van der Waals surface area contributed by atoms with Crippen LogP contribution in [0.25, 0.3) is 0 Å². The first-order valence-corrected chi connectivity index (χ1v) is 28.6. The molecule has 6 aromatic carbocycles. The van der Waals surface area contributed by atoms with Gasteiger partial charge in [0.05, 0.1) is 14.2 Å². The summed E-state index contributed by atoms with van der Waals surface area (Å²) >= 11 is 0. The molecule has 0 heterocycles. The Morgan fingerprint density at radius 1 is 0.358 bits per heavy atom. The van der Waals surface area contributed by atoms with Crippen LogP contribution in [-0.2, 0) is 4.12 Å². The fourth-order valence-electron chi connectivity index (χ4n) is 9.98. The summed E-state index contributed by atoms with van der Waals surface area (Å²) in [5, 5.41) is 5.14. The van der Waals surface area contributed by atoms with Crippen LogP contribution in [0.5, 0.6) is 11.5 Å². The SMILES string of the molecule is COc1ccc(C#CCCCCCCCC(C)(C)[Si](O[Si](c2ccccc2)(c2ccccc2)C(C)(C)CCCCCCCC#Cc2ccc(OC)cc2)(c2ccccc2)c2ccccc2)cc1. The van der Waals surface area contributed by atoms with Crippen molar-refractivity contribution in [1.29, 1.82) is 0 Å². The third-order valence-corrected chi connectivity index (χ3v) is 25.1. The van der Waals surface area contributed by atoms with Crippen LogP contribution < -0.4 is 30.2 Å². The van der Waals surface area contributed by atoms with Crippen molar-refractivity contribution in [2.75, 3.05) is 14.2 Å². The molecular formula is C62H74O3Si2. The normalized spacial score (nSPS) is 11.8. The van der Waals surface area contributed by atoms with Crippen LogP contribution in [0.15, 0.2) is 170 Å². The maximum atomic E-state index is 8.88. The van der Waals surface area contributed by atoms with E-state index < -0.39 is 16.6 Å². The summed E-state index contributed by atoms with van der Waals surface area (Å²) in [6.45, 7) is 10.2. The van der Waals surface area contributed by atoms with Crippen molar-refractivity contribution in [2.45, 2.75) is 128 Å². The summed E-state index contributed by atoms with van der Waals surface area (Å²) in [6, 6.07) is 61.7. The van der Waals surface area contributed by atoms with Gasteiger partial charge < -0.3 is 13.6 Å². The summed E-state index contributed by atoms with van der Waals surface area (Å²) in [7, 11) is -2.80. The fraction of sp³-hybridized carbons (Fsp3) is 0.355. The van der Waals surface area contributed by atoms with E-state index in [1.807, 2.05) is 48.5 Å². The molecule has 6 rings (SSSR count). The van der Waals surface area contributed by atoms with E-state index in [4.69, 9.17) is 13.6 Å². The molecule has 5 heteroatoms. The molecule has 0 N–H and O–H groups in total. The van der Waals surface area contributed by atoms with Crippen molar-refractivity contribution in [3.05, 3.63) is 181 Å². The van der Waals surface area contributed by atoms with Crippen LogP contribution in [0.3, 0.4) is 0 Å². The number of methoxy groups -OCH3 is 2. The van der Waals surface area contributed by atoms with Crippen LogP contribution in [-0.4, -0.2) is 30.9 Å². The first-order valence-electron chi connectivity index (χ1n) is 24.8. The van der Waals surface area contributed by atoms with Crippen LogP contribution in [0, 0.1) is 23.7 Å². The molecule has 0 aliphatic heterocycles. The zero-order chi connectivity index (χ0) is 47.3. The topological polar surface area (TPSA) is 27.7 Å². The molecule has 0 aliphatic rings. The molecule has 3 nitrogen and oxygen atoms in total. The maximum Gasteiger partial charge on any atom is 0.251 e. The summed E-state index contributed by atoms with van der Waals surface area (Å²) < 4.78 is 19.5. The Hall–Kier alpha value is -5.57. The predicted molar refractivity (Wildman–Crippen MR) is 289 cm³/mol. The second-order valence-electron chi connectivity index (χ2n) is 19.3. The van der Waals surface area contributed by atoms with Gasteiger partial charge in [-0.15, -0.1) is 0 Å². The Bertz CT molecular complexity index is 2210. The van der Waals surface area contributed by atoms with Gasteiger partial charge >= 0.3 is 0 Å². The van der Waals surface area contributed by atoms with Crippen molar-refractivity contribution in [2.24, 2.45) is 0 Å². The highest BCUT2D eigenvalue weighted by Gasteiger charge is 2.62. The largest absolute Gasteiger partial charge is 0.497 e. The highest BCUT2D eigenvalue weighted by Crippen LogP contribution is 2.49. The molecule has 6 aromatic rings. The van der Waals surface area contributed by atoms with Crippen molar-refractivity contribution in [1.82, 2.24) is 0 Å². The average molecular weight is 923 g/mol. The smallest absolute Gasteiger partial charge is 0.251 e. The number of hydrogen-bond donors (Lipinski definition) is 0. The van der Waals surface area contributed by atoms with Gasteiger partial charge in [0.15, 0.2) is 0 Å². The summed E-state index contributed by atoms with van der Waals surface area (Å²) in [5.41, 5.74) is 2.08. The van der Waals surface area contributed by atoms with Gasteiger partial charge in [-0.25, -0.2) is 0 Å². The van der Waals surface area contributed by atoms with Gasteiger partial charge in [0, 0.05) is 24.0 Å². The van der Waals surface area contributed by atoms with Crippen molar-refractivity contribution < 1.29 is 13.6 Å². The van der Waals surface area contributed by atoms with E-state index in [9.17, 15) is 0 Å². The third-order valence-electron chi connectivity index (χ3n) is 13.8. The Morgan fingerprint density at radius 3 is 0.940 bits per heavy atom. The minimum absolute atomic E-state index is 0.145. The highest BCUT2D eigenvalue weighted by molar-refractivity contribution is 7.11. The highest BCUT2D eigenvalue weighted by atomic mass is 28.4. The lowest BCUT2D eigenvalue weighted by molar-refractivity contribution is 0.414. The second kappa shape index (κ2) is 25.5. The Labute approximate surface area is 407 Å². The van der Waals surface area contributed by atoms with E-state index in [-0.39, 0.29) is 10.1 Å². The number of ether oxygens (including phenoxy) is 2. The molecule has 0 aliphatic carbocycles. The lowest BCUT2D eigenvalue weighted by Crippen LogP contribution is -2.78. The lowest BCUT2D eigenvalue weighted by atomic mass is 10.0. The molecule has 0 aromatic heterocycles. The maximum absolute atomic E-state index is 8.88. The van der Waals surface area contributed by atoms with Gasteiger partial charge in [-0.1, -0.05) is 224 Å². The van der Waals surface area contributed by atoms with Gasteiger partial charge in [-0.3, -0.25) is 0 Å². The summed E-state index contributed by atoms with van der Waals surface area (Å²) in [4.78, 5) is 0. The zero-order valence-electron chi connectivity index (χ0n) is 41.3. The summed E-state index contributed by atoms with van der Waals surface area (Å²) in [6.07, 6.45) is 15.8. The molecule has 348 valence electrons. The van der Waals surface area contributed by atoms with Gasteiger partial charge in [0.1, 0.15) is 11.5 Å². The van der Waals surface area contributed by atoms with Crippen LogP contribution in [0.1, 0.15) is 129 Å². The molecule has 0 spiro atoms. The Balaban J connectivity index is 1.24. The van der Waals surface area contributed by atoms with Crippen molar-refractivity contribution >= 4 is 37.4 Å². The fourth-order valence-corrected chi connectivity index (χ4v) is 23.4. The van der Waals surface area contributed by atoms with Crippen LogP contribution >= 0.6 is 0 Å². The quantitative estimate of drug-likeness (QED) is 0.0344. The zero-order valence-corrected chi connectivity index (χ0v) is 43.3. The molecular weight excluding hydrogens is 849 g/mol. The third kappa shape index (κ3) is 13.3. The van der Waals surface area contributed by atoms with Crippen molar-refractivity contribution in [3.8, 4) is 35.2 Å². The van der Waals surface area contributed by atoms with Gasteiger partial charge in [0.2, 0.25) is 0 Å². The standard InChI is InChI=1S/C62H74O3Si2/c1-61(2,51-31-15-11-7-9-13-21-33-53-43-47-55(63-5)48-44-53)66(57-35-23-17-24-36-57,58-37-25-18-26-38-58)65-67(59-39-27-19-28-40-59,60-41-29-20-30-42-60)62(3,4)52-32-16-12-8-10-14-22-34-54-45-49-56(64-6)50-46-54/h17-20,23-30,35-50H,7-16,31-32,51-52H2,1-6H3. The van der Waals surface area contributed by atoms with Crippen molar-refractivity contribution in [3.63, 3.8) is 0 Å². The van der Waals surface area contributed by atoms with E-state index in [1.54, 1.807) is 14.2 Å². The second-order valence-corrected chi connectivity index (χ2v) is 27.9. The lowest BCUT2D eigenvalue weighted by Gasteiger charge is -2.55. The first kappa shape index (κ1) is 50.8. The number of rotatable bonds is 24. The molecule has 0 saturated carbocycles. The monoisotopic (exact) mass is 923 g/mol. The first-order chi connectivity index (χ1) is 32.6. The van der Waals surface area contributed by atoms with Crippen LogP contribution in [0.4, 0.5) is 0 Å². The minimum atomic E-state index is -3.10. The number of benzene rings is 6. The molecule has 0 saturated heterocycles. The average Bonchev–Trinajstić information content (AvgIpc) is 3.37. The molecule has 0 amide bonds. The summed E-state index contributed by atoms with van der Waals surface area (Å²) in [5.74, 6) is 15.2. The van der Waals surface area contributed by atoms with Gasteiger partial charge in [-0.2, -0.15) is 0 Å². The molecule has 0 radical (unpaired) electrons. The molecule has 67 heavy (non-hydrogen) atoms. The van der Waals surface area contributed by atoms with E-state index >= 15 is 0 Å². The van der Waals surface area contributed by atoms with Gasteiger partial charge in [-0.05, 0) is 105 Å². The Kier molecular flexibility index (Phi) is 19.4.